The van der Waals surface area contributed by atoms with E-state index in [0.717, 1.165) is 11.1 Å². The molecule has 1 amide bonds. The van der Waals surface area contributed by atoms with Crippen molar-refractivity contribution in [2.24, 2.45) is 0 Å². The van der Waals surface area contributed by atoms with Crippen molar-refractivity contribution in [3.63, 3.8) is 0 Å². The molecule has 2 N–H and O–H groups in total. The molecule has 6 nitrogen and oxygen atoms in total. The monoisotopic (exact) mass is 458 g/mol. The molecule has 3 aromatic carbocycles. The minimum atomic E-state index is -3.78. The molecule has 0 aromatic heterocycles. The highest BCUT2D eigenvalue weighted by Gasteiger charge is 2.16. The first kappa shape index (κ1) is 22.8. The number of sulfonamides is 1. The van der Waals surface area contributed by atoms with Crippen LogP contribution in [-0.4, -0.2) is 27.5 Å². The van der Waals surface area contributed by atoms with E-state index in [1.54, 1.807) is 12.1 Å². The number of hydrogen-bond donors (Lipinski definition) is 2. The summed E-state index contributed by atoms with van der Waals surface area (Å²) in [6.45, 7) is 2.95. The van der Waals surface area contributed by atoms with Crippen LogP contribution in [0.2, 0.25) is 5.02 Å². The van der Waals surface area contributed by atoms with Crippen LogP contribution in [0.15, 0.2) is 77.7 Å². The summed E-state index contributed by atoms with van der Waals surface area (Å²) in [4.78, 5) is 12.6. The number of halogens is 1. The lowest BCUT2D eigenvalue weighted by atomic mass is 10.2. The van der Waals surface area contributed by atoms with Gasteiger partial charge in [0.25, 0.3) is 15.9 Å². The van der Waals surface area contributed by atoms with E-state index in [-0.39, 0.29) is 21.2 Å². The van der Waals surface area contributed by atoms with Gasteiger partial charge in [-0.1, -0.05) is 59.6 Å². The van der Waals surface area contributed by atoms with E-state index in [1.807, 2.05) is 37.3 Å². The van der Waals surface area contributed by atoms with Crippen molar-refractivity contribution in [3.05, 3.63) is 94.5 Å². The summed E-state index contributed by atoms with van der Waals surface area (Å²) >= 11 is 6.15. The van der Waals surface area contributed by atoms with E-state index in [9.17, 15) is 13.2 Å². The Balaban J connectivity index is 1.58. The fourth-order valence-corrected chi connectivity index (χ4v) is 4.04. The normalized spacial score (nSPS) is 11.2. The predicted molar refractivity (Wildman–Crippen MR) is 122 cm³/mol. The van der Waals surface area contributed by atoms with Gasteiger partial charge in [0.15, 0.2) is 0 Å². The Morgan fingerprint density at radius 1 is 1.00 bits per heavy atom. The molecule has 0 spiro atoms. The Bertz CT molecular complexity index is 1130. The van der Waals surface area contributed by atoms with E-state index >= 15 is 0 Å². The van der Waals surface area contributed by atoms with Crippen molar-refractivity contribution >= 4 is 33.2 Å². The Hall–Kier alpha value is -2.87. The van der Waals surface area contributed by atoms with Gasteiger partial charge in [-0.2, -0.15) is 0 Å². The first-order chi connectivity index (χ1) is 14.8. The molecular weight excluding hydrogens is 436 g/mol. The highest BCUT2D eigenvalue weighted by Crippen LogP contribution is 2.23. The van der Waals surface area contributed by atoms with E-state index in [2.05, 4.69) is 10.0 Å². The summed E-state index contributed by atoms with van der Waals surface area (Å²) in [7, 11) is -3.78. The van der Waals surface area contributed by atoms with Crippen LogP contribution in [0.3, 0.4) is 0 Å². The summed E-state index contributed by atoms with van der Waals surface area (Å²) in [5.41, 5.74) is 2.42. The maximum absolute atomic E-state index is 12.6. The van der Waals surface area contributed by atoms with Gasteiger partial charge in [0, 0.05) is 12.2 Å². The summed E-state index contributed by atoms with van der Waals surface area (Å²) in [5.74, 6) is -0.412. The van der Waals surface area contributed by atoms with Crippen LogP contribution >= 0.6 is 11.6 Å². The molecule has 0 aliphatic heterocycles. The first-order valence-corrected chi connectivity index (χ1v) is 11.5. The zero-order valence-corrected chi connectivity index (χ0v) is 18.5. The summed E-state index contributed by atoms with van der Waals surface area (Å²) in [5, 5.41) is 2.95. The third kappa shape index (κ3) is 6.55. The van der Waals surface area contributed by atoms with Crippen molar-refractivity contribution in [1.82, 2.24) is 5.32 Å². The molecule has 3 rings (SSSR count). The second-order valence-corrected chi connectivity index (χ2v) is 9.00. The van der Waals surface area contributed by atoms with Crippen molar-refractivity contribution in [3.8, 4) is 0 Å². The smallest absolute Gasteiger partial charge is 0.261 e. The molecule has 0 fully saturated rings. The molecule has 0 saturated heterocycles. The quantitative estimate of drug-likeness (QED) is 0.465. The maximum Gasteiger partial charge on any atom is 0.261 e. The number of carbonyl (C=O) groups is 1. The highest BCUT2D eigenvalue weighted by molar-refractivity contribution is 7.92. The van der Waals surface area contributed by atoms with Gasteiger partial charge in [0.2, 0.25) is 0 Å². The van der Waals surface area contributed by atoms with Crippen LogP contribution in [0.25, 0.3) is 0 Å². The number of hydrogen-bond acceptors (Lipinski definition) is 4. The van der Waals surface area contributed by atoms with E-state index in [0.29, 0.717) is 19.8 Å². The third-order valence-electron chi connectivity index (χ3n) is 4.44. The maximum atomic E-state index is 12.6. The Kier molecular flexibility index (Phi) is 7.68. The second kappa shape index (κ2) is 10.4. The van der Waals surface area contributed by atoms with E-state index in [1.165, 1.54) is 30.3 Å². The number of aryl methyl sites for hydroxylation is 1. The van der Waals surface area contributed by atoms with Crippen LogP contribution in [0.4, 0.5) is 5.69 Å². The van der Waals surface area contributed by atoms with Gasteiger partial charge in [-0.05, 0) is 42.8 Å². The van der Waals surface area contributed by atoms with Gasteiger partial charge >= 0.3 is 0 Å². The zero-order chi connectivity index (χ0) is 22.3. The molecule has 0 aliphatic rings. The zero-order valence-electron chi connectivity index (χ0n) is 17.0. The Morgan fingerprint density at radius 3 is 2.42 bits per heavy atom. The van der Waals surface area contributed by atoms with Crippen molar-refractivity contribution in [2.75, 3.05) is 17.9 Å². The summed E-state index contributed by atoms with van der Waals surface area (Å²) in [6, 6.07) is 20.6. The number of nitrogens with one attached hydrogen (secondary N) is 2. The minimum Gasteiger partial charge on any atom is -0.375 e. The minimum absolute atomic E-state index is 0.134. The SMILES string of the molecule is Cc1ccc(S(=O)(=O)Nc2ccc(Cl)c(C(=O)NCCOCc3ccccc3)c2)cc1. The fraction of sp³-hybridized carbons (Fsp3) is 0.174. The van der Waals surface area contributed by atoms with Gasteiger partial charge in [-0.15, -0.1) is 0 Å². The molecule has 0 atom stereocenters. The van der Waals surface area contributed by atoms with Gasteiger partial charge in [0.05, 0.1) is 28.7 Å². The van der Waals surface area contributed by atoms with E-state index < -0.39 is 15.9 Å². The molecule has 8 heteroatoms. The van der Waals surface area contributed by atoms with Crippen molar-refractivity contribution < 1.29 is 17.9 Å². The molecule has 162 valence electrons. The lowest BCUT2D eigenvalue weighted by Gasteiger charge is -2.12. The van der Waals surface area contributed by atoms with Gasteiger partial charge in [-0.25, -0.2) is 8.42 Å². The average molecular weight is 459 g/mol. The standard InChI is InChI=1S/C23H23ClN2O4S/c1-17-7-10-20(11-8-17)31(28,29)26-19-9-12-22(24)21(15-19)23(27)25-13-14-30-16-18-5-3-2-4-6-18/h2-12,15,26H,13-14,16H2,1H3,(H,25,27). The highest BCUT2D eigenvalue weighted by atomic mass is 35.5. The van der Waals surface area contributed by atoms with Crippen LogP contribution in [0.1, 0.15) is 21.5 Å². The Morgan fingerprint density at radius 2 is 1.71 bits per heavy atom. The fourth-order valence-electron chi connectivity index (χ4n) is 2.79. The molecule has 0 unspecified atom stereocenters. The third-order valence-corrected chi connectivity index (χ3v) is 6.16. The summed E-state index contributed by atoms with van der Waals surface area (Å²) < 4.78 is 33.2. The number of carbonyl (C=O) groups excluding carboxylic acids is 1. The van der Waals surface area contributed by atoms with Gasteiger partial charge < -0.3 is 10.1 Å². The van der Waals surface area contributed by atoms with Crippen LogP contribution in [0.5, 0.6) is 0 Å². The van der Waals surface area contributed by atoms with Crippen molar-refractivity contribution in [1.29, 1.82) is 0 Å². The van der Waals surface area contributed by atoms with Crippen molar-refractivity contribution in [2.45, 2.75) is 18.4 Å². The van der Waals surface area contributed by atoms with Gasteiger partial charge in [0.1, 0.15) is 0 Å². The van der Waals surface area contributed by atoms with E-state index in [4.69, 9.17) is 16.3 Å². The summed E-state index contributed by atoms with van der Waals surface area (Å²) in [6.07, 6.45) is 0. The predicted octanol–water partition coefficient (Wildman–Crippen LogP) is 4.40. The molecule has 0 heterocycles. The largest absolute Gasteiger partial charge is 0.375 e. The van der Waals surface area contributed by atoms with Crippen LogP contribution in [0, 0.1) is 6.92 Å². The molecule has 3 aromatic rings. The Labute approximate surface area is 187 Å². The number of anilines is 1. The first-order valence-electron chi connectivity index (χ1n) is 9.64. The lowest BCUT2D eigenvalue weighted by Crippen LogP contribution is -2.27. The second-order valence-electron chi connectivity index (χ2n) is 6.91. The molecule has 31 heavy (non-hydrogen) atoms. The molecule has 0 saturated carbocycles. The van der Waals surface area contributed by atoms with Crippen LogP contribution in [-0.2, 0) is 21.4 Å². The van der Waals surface area contributed by atoms with Gasteiger partial charge in [-0.3, -0.25) is 9.52 Å². The molecule has 0 aliphatic carbocycles. The topological polar surface area (TPSA) is 84.5 Å². The molecule has 0 bridgehead atoms. The lowest BCUT2D eigenvalue weighted by molar-refractivity contribution is 0.0901. The molecular formula is C23H23ClN2O4S. The number of ether oxygens (including phenoxy) is 1. The average Bonchev–Trinajstić information content (AvgIpc) is 2.75. The number of benzene rings is 3. The van der Waals surface area contributed by atoms with Crippen LogP contribution < -0.4 is 10.0 Å². The number of amides is 1. The number of rotatable bonds is 9. The molecule has 0 radical (unpaired) electrons.